The molecule has 0 fully saturated rings. The molecule has 158 valence electrons. The molecule has 0 saturated heterocycles. The number of nitrogens with one attached hydrogen (secondary N) is 1. The van der Waals surface area contributed by atoms with Gasteiger partial charge in [-0.05, 0) is 36.6 Å². The summed E-state index contributed by atoms with van der Waals surface area (Å²) in [6.45, 7) is 2.53. The van der Waals surface area contributed by atoms with Crippen LogP contribution in [0.15, 0.2) is 63.1 Å². The molecule has 1 aromatic heterocycles. The second kappa shape index (κ2) is 10.2. The van der Waals surface area contributed by atoms with Crippen LogP contribution in [-0.2, 0) is 33.4 Å². The summed E-state index contributed by atoms with van der Waals surface area (Å²) >= 11 is 3.22. The average molecular weight is 462 g/mol. The highest BCUT2D eigenvalue weighted by Gasteiger charge is 2.09. The largest absolute Gasteiger partial charge is 0.355 e. The summed E-state index contributed by atoms with van der Waals surface area (Å²) in [7, 11) is -3.69. The number of nitrogens with zero attached hydrogens (tertiary/aromatic N) is 1. The molecule has 3 N–H and O–H groups in total. The Morgan fingerprint density at radius 2 is 1.77 bits per heavy atom. The normalized spacial score (nSPS) is 11.4. The number of thioether (sulfide) groups is 1. The number of aryl methyl sites for hydroxylation is 1. The first-order chi connectivity index (χ1) is 14.3. The first-order valence-corrected chi connectivity index (χ1v) is 12.7. The Labute approximate surface area is 185 Å². The topological polar surface area (TPSA) is 102 Å². The van der Waals surface area contributed by atoms with Crippen LogP contribution < -0.4 is 10.5 Å². The van der Waals surface area contributed by atoms with Gasteiger partial charge in [0.15, 0.2) is 0 Å². The van der Waals surface area contributed by atoms with Gasteiger partial charge in [-0.25, -0.2) is 18.5 Å². The van der Waals surface area contributed by atoms with Crippen molar-refractivity contribution in [2.24, 2.45) is 5.14 Å². The standard InChI is InChI=1S/C21H23N3O3S3/c1-15-2-4-17(5-3-15)13-28-21-24-18(14-29-21)12-20(25)23-11-10-16-6-8-19(9-7-16)30(22,26)27/h2-9,14H,10-13H2,1H3,(H,23,25)(H2,22,26,27). The van der Waals surface area contributed by atoms with Crippen LogP contribution in [0.2, 0.25) is 0 Å². The number of carbonyl (C=O) groups is 1. The fourth-order valence-corrected chi connectivity index (χ4v) is 5.00. The maximum absolute atomic E-state index is 12.2. The van der Waals surface area contributed by atoms with Crippen LogP contribution in [0.3, 0.4) is 0 Å². The van der Waals surface area contributed by atoms with Crippen LogP contribution in [0.25, 0.3) is 0 Å². The third-order valence-electron chi connectivity index (χ3n) is 4.34. The summed E-state index contributed by atoms with van der Waals surface area (Å²) in [5, 5.41) is 9.88. The van der Waals surface area contributed by atoms with E-state index in [1.54, 1.807) is 35.2 Å². The van der Waals surface area contributed by atoms with E-state index < -0.39 is 10.0 Å². The van der Waals surface area contributed by atoms with E-state index in [1.165, 1.54) is 23.3 Å². The molecule has 0 atom stereocenters. The number of amides is 1. The van der Waals surface area contributed by atoms with E-state index in [1.807, 2.05) is 5.38 Å². The lowest BCUT2D eigenvalue weighted by molar-refractivity contribution is -0.120. The average Bonchev–Trinajstić information content (AvgIpc) is 3.14. The van der Waals surface area contributed by atoms with Crippen molar-refractivity contribution < 1.29 is 13.2 Å². The van der Waals surface area contributed by atoms with Gasteiger partial charge in [0.05, 0.1) is 17.0 Å². The lowest BCUT2D eigenvalue weighted by Crippen LogP contribution is -2.27. The molecule has 1 amide bonds. The predicted octanol–water partition coefficient (Wildman–Crippen LogP) is 3.29. The molecule has 3 rings (SSSR count). The molecule has 0 radical (unpaired) electrons. The second-order valence-corrected chi connectivity index (χ2v) is 10.5. The van der Waals surface area contributed by atoms with Crippen LogP contribution in [0.1, 0.15) is 22.4 Å². The third kappa shape index (κ3) is 6.94. The van der Waals surface area contributed by atoms with Crippen molar-refractivity contribution in [1.82, 2.24) is 10.3 Å². The SMILES string of the molecule is Cc1ccc(CSc2nc(CC(=O)NCCc3ccc(S(N)(=O)=O)cc3)cs2)cc1. The molecule has 30 heavy (non-hydrogen) atoms. The predicted molar refractivity (Wildman–Crippen MR) is 121 cm³/mol. The first kappa shape index (κ1) is 22.5. The molecule has 3 aromatic rings. The van der Waals surface area contributed by atoms with E-state index in [0.29, 0.717) is 13.0 Å². The summed E-state index contributed by atoms with van der Waals surface area (Å²) in [6, 6.07) is 14.8. The number of thiazole rings is 1. The van der Waals surface area contributed by atoms with E-state index in [2.05, 4.69) is 41.5 Å². The zero-order chi connectivity index (χ0) is 21.6. The number of rotatable bonds is 9. The highest BCUT2D eigenvalue weighted by molar-refractivity contribution is 8.00. The van der Waals surface area contributed by atoms with Crippen molar-refractivity contribution >= 4 is 39.0 Å². The Morgan fingerprint density at radius 3 is 2.43 bits per heavy atom. The molecule has 0 unspecified atom stereocenters. The molecule has 2 aromatic carbocycles. The van der Waals surface area contributed by atoms with Crippen molar-refractivity contribution in [2.75, 3.05) is 6.54 Å². The number of nitrogens with two attached hydrogens (primary N) is 1. The number of carbonyl (C=O) groups excluding carboxylic acids is 1. The Bertz CT molecular complexity index is 1090. The van der Waals surface area contributed by atoms with Crippen LogP contribution in [0.5, 0.6) is 0 Å². The van der Waals surface area contributed by atoms with E-state index in [0.717, 1.165) is 21.3 Å². The van der Waals surface area contributed by atoms with Gasteiger partial charge in [0.1, 0.15) is 4.34 Å². The summed E-state index contributed by atoms with van der Waals surface area (Å²) < 4.78 is 23.5. The molecule has 0 aliphatic heterocycles. The van der Waals surface area contributed by atoms with Gasteiger partial charge in [0.2, 0.25) is 15.9 Å². The quantitative estimate of drug-likeness (QED) is 0.476. The van der Waals surface area contributed by atoms with Crippen LogP contribution >= 0.6 is 23.1 Å². The van der Waals surface area contributed by atoms with Crippen molar-refractivity contribution in [3.63, 3.8) is 0 Å². The fourth-order valence-electron chi connectivity index (χ4n) is 2.68. The van der Waals surface area contributed by atoms with E-state index in [4.69, 9.17) is 5.14 Å². The van der Waals surface area contributed by atoms with Gasteiger partial charge in [-0.1, -0.05) is 53.7 Å². The summed E-state index contributed by atoms with van der Waals surface area (Å²) in [5.41, 5.74) is 4.18. The highest BCUT2D eigenvalue weighted by Crippen LogP contribution is 2.26. The number of benzene rings is 2. The van der Waals surface area contributed by atoms with Crippen molar-refractivity contribution in [3.8, 4) is 0 Å². The summed E-state index contributed by atoms with van der Waals surface area (Å²) in [6.07, 6.45) is 0.845. The van der Waals surface area contributed by atoms with E-state index >= 15 is 0 Å². The van der Waals surface area contributed by atoms with Crippen LogP contribution in [0, 0.1) is 6.92 Å². The molecular formula is C21H23N3O3S3. The van der Waals surface area contributed by atoms with E-state index in [-0.39, 0.29) is 17.2 Å². The summed E-state index contributed by atoms with van der Waals surface area (Å²) in [5.74, 6) is 0.764. The van der Waals surface area contributed by atoms with Crippen molar-refractivity contribution in [1.29, 1.82) is 0 Å². The fraction of sp³-hybridized carbons (Fsp3) is 0.238. The molecule has 0 aliphatic carbocycles. The molecule has 1 heterocycles. The Morgan fingerprint density at radius 1 is 1.10 bits per heavy atom. The van der Waals surface area contributed by atoms with Crippen molar-refractivity contribution in [2.45, 2.75) is 34.8 Å². The molecule has 9 heteroatoms. The van der Waals surface area contributed by atoms with Gasteiger partial charge in [-0.3, -0.25) is 4.79 Å². The number of sulfonamides is 1. The summed E-state index contributed by atoms with van der Waals surface area (Å²) in [4.78, 5) is 16.8. The number of primary sulfonamides is 1. The molecular weight excluding hydrogens is 438 g/mol. The van der Waals surface area contributed by atoms with Gasteiger partial charge in [-0.15, -0.1) is 11.3 Å². The maximum atomic E-state index is 12.2. The molecule has 6 nitrogen and oxygen atoms in total. The van der Waals surface area contributed by atoms with Gasteiger partial charge >= 0.3 is 0 Å². The lowest BCUT2D eigenvalue weighted by atomic mass is 10.1. The number of aromatic nitrogens is 1. The zero-order valence-electron chi connectivity index (χ0n) is 16.5. The minimum Gasteiger partial charge on any atom is -0.355 e. The molecule has 0 aliphatic rings. The minimum absolute atomic E-state index is 0.0786. The lowest BCUT2D eigenvalue weighted by Gasteiger charge is -2.05. The monoisotopic (exact) mass is 461 g/mol. The maximum Gasteiger partial charge on any atom is 0.238 e. The minimum atomic E-state index is -3.69. The Hall–Kier alpha value is -2.20. The Balaban J connectivity index is 1.41. The van der Waals surface area contributed by atoms with Crippen LogP contribution in [-0.4, -0.2) is 25.9 Å². The Kier molecular flexibility index (Phi) is 7.65. The van der Waals surface area contributed by atoms with Crippen molar-refractivity contribution in [3.05, 3.63) is 76.3 Å². The van der Waals surface area contributed by atoms with Gasteiger partial charge in [0, 0.05) is 17.7 Å². The number of hydrogen-bond donors (Lipinski definition) is 2. The van der Waals surface area contributed by atoms with Gasteiger partial charge in [-0.2, -0.15) is 0 Å². The number of hydrogen-bond acceptors (Lipinski definition) is 6. The van der Waals surface area contributed by atoms with Gasteiger partial charge in [0.25, 0.3) is 0 Å². The smallest absolute Gasteiger partial charge is 0.238 e. The van der Waals surface area contributed by atoms with E-state index in [9.17, 15) is 13.2 Å². The first-order valence-electron chi connectivity index (χ1n) is 9.31. The molecule has 0 bridgehead atoms. The second-order valence-electron chi connectivity index (χ2n) is 6.84. The zero-order valence-corrected chi connectivity index (χ0v) is 18.9. The highest BCUT2D eigenvalue weighted by atomic mass is 32.2. The molecule has 0 spiro atoms. The molecule has 0 saturated carbocycles. The van der Waals surface area contributed by atoms with Crippen LogP contribution in [0.4, 0.5) is 0 Å². The third-order valence-corrected chi connectivity index (χ3v) is 7.41. The van der Waals surface area contributed by atoms with Gasteiger partial charge < -0.3 is 5.32 Å².